The first-order valence-electron chi connectivity index (χ1n) is 4.68. The van der Waals surface area contributed by atoms with Crippen molar-refractivity contribution >= 4 is 43.4 Å². The molecule has 2 unspecified atom stereocenters. The number of hydrogen-bond donors (Lipinski definition) is 4. The molecular formula is C8H16N2OS3. The average Bonchev–Trinajstić information content (AvgIpc) is 2.14. The molecule has 14 heavy (non-hydrogen) atoms. The molecule has 0 aromatic carbocycles. The number of thiol groups is 3. The normalized spacial score (nSPS) is 26.1. The van der Waals surface area contributed by atoms with E-state index in [2.05, 4.69) is 43.0 Å². The van der Waals surface area contributed by atoms with Crippen molar-refractivity contribution in [1.82, 2.24) is 9.03 Å². The van der Waals surface area contributed by atoms with Crippen molar-refractivity contribution in [2.45, 2.75) is 25.3 Å². The van der Waals surface area contributed by atoms with E-state index in [4.69, 9.17) is 0 Å². The van der Waals surface area contributed by atoms with Gasteiger partial charge in [-0.05, 0) is 18.8 Å². The van der Waals surface area contributed by atoms with E-state index in [9.17, 15) is 4.79 Å². The minimum Gasteiger partial charge on any atom is -0.287 e. The molecule has 0 aromatic heterocycles. The molecule has 3 nitrogen and oxygen atoms in total. The van der Waals surface area contributed by atoms with Gasteiger partial charge >= 0.3 is 0 Å². The SMILES string of the molecule is O=C(S)CC(NS)C1CCCN(S)C1. The quantitative estimate of drug-likeness (QED) is 0.567. The Kier molecular flexibility index (Phi) is 5.69. The molecule has 0 bridgehead atoms. The van der Waals surface area contributed by atoms with Crippen LogP contribution in [0.15, 0.2) is 0 Å². The topological polar surface area (TPSA) is 32.3 Å². The van der Waals surface area contributed by atoms with Crippen LogP contribution in [-0.2, 0) is 4.79 Å². The zero-order valence-electron chi connectivity index (χ0n) is 7.89. The second-order valence-corrected chi connectivity index (χ2v) is 4.97. The van der Waals surface area contributed by atoms with E-state index in [0.29, 0.717) is 12.3 Å². The Morgan fingerprint density at radius 2 is 2.36 bits per heavy atom. The van der Waals surface area contributed by atoms with E-state index in [-0.39, 0.29) is 11.2 Å². The van der Waals surface area contributed by atoms with Gasteiger partial charge in [-0.25, -0.2) is 0 Å². The lowest BCUT2D eigenvalue weighted by molar-refractivity contribution is -0.111. The third-order valence-electron chi connectivity index (χ3n) is 2.57. The molecule has 6 heteroatoms. The third-order valence-corrected chi connectivity index (χ3v) is 3.44. The zero-order valence-corrected chi connectivity index (χ0v) is 10.6. The molecule has 1 aliphatic rings. The highest BCUT2D eigenvalue weighted by Gasteiger charge is 2.26. The first-order valence-corrected chi connectivity index (χ1v) is 5.98. The summed E-state index contributed by atoms with van der Waals surface area (Å²) in [5, 5.41) is -0.0900. The van der Waals surface area contributed by atoms with Crippen molar-refractivity contribution in [3.05, 3.63) is 0 Å². The molecule has 0 amide bonds. The molecule has 0 aliphatic carbocycles. The molecule has 2 atom stereocenters. The van der Waals surface area contributed by atoms with E-state index in [1.54, 1.807) is 0 Å². The van der Waals surface area contributed by atoms with Crippen LogP contribution in [0.4, 0.5) is 0 Å². The summed E-state index contributed by atoms with van der Waals surface area (Å²) in [7, 11) is 0. The summed E-state index contributed by atoms with van der Waals surface area (Å²) in [6.07, 6.45) is 2.68. The molecule has 1 fully saturated rings. The molecule has 82 valence electrons. The monoisotopic (exact) mass is 252 g/mol. The van der Waals surface area contributed by atoms with Crippen LogP contribution >= 0.6 is 38.3 Å². The van der Waals surface area contributed by atoms with E-state index in [0.717, 1.165) is 25.9 Å². The minimum absolute atomic E-state index is 0.0900. The number of nitrogens with one attached hydrogen (secondary N) is 1. The van der Waals surface area contributed by atoms with Crippen LogP contribution in [0, 0.1) is 5.92 Å². The van der Waals surface area contributed by atoms with Crippen LogP contribution in [0.3, 0.4) is 0 Å². The van der Waals surface area contributed by atoms with Gasteiger partial charge in [0, 0.05) is 25.6 Å². The van der Waals surface area contributed by atoms with Crippen LogP contribution < -0.4 is 4.72 Å². The van der Waals surface area contributed by atoms with Crippen LogP contribution in [0.5, 0.6) is 0 Å². The first-order chi connectivity index (χ1) is 6.63. The maximum absolute atomic E-state index is 10.9. The predicted molar refractivity (Wildman–Crippen MR) is 67.8 cm³/mol. The van der Waals surface area contributed by atoms with Crippen molar-refractivity contribution in [3.63, 3.8) is 0 Å². The maximum atomic E-state index is 10.9. The van der Waals surface area contributed by atoms with Crippen molar-refractivity contribution < 1.29 is 4.79 Å². The van der Waals surface area contributed by atoms with E-state index in [1.807, 2.05) is 4.31 Å². The molecule has 0 aromatic rings. The fourth-order valence-electron chi connectivity index (χ4n) is 1.82. The Morgan fingerprint density at radius 1 is 1.64 bits per heavy atom. The van der Waals surface area contributed by atoms with Crippen molar-refractivity contribution in [2.75, 3.05) is 13.1 Å². The molecule has 0 radical (unpaired) electrons. The van der Waals surface area contributed by atoms with Gasteiger partial charge in [-0.2, -0.15) is 0 Å². The number of carbonyl (C=O) groups excluding carboxylic acids is 1. The molecule has 1 rings (SSSR count). The summed E-state index contributed by atoms with van der Waals surface area (Å²) in [5.74, 6) is 0.440. The van der Waals surface area contributed by atoms with Gasteiger partial charge in [0.1, 0.15) is 0 Å². The van der Waals surface area contributed by atoms with Gasteiger partial charge in [0.25, 0.3) is 0 Å². The van der Waals surface area contributed by atoms with Crippen LogP contribution in [0.2, 0.25) is 0 Å². The molecule has 1 heterocycles. The van der Waals surface area contributed by atoms with Crippen molar-refractivity contribution in [1.29, 1.82) is 0 Å². The highest BCUT2D eigenvalue weighted by Crippen LogP contribution is 2.23. The fourth-order valence-corrected chi connectivity index (χ4v) is 2.67. The number of piperidine rings is 1. The summed E-state index contributed by atoms with van der Waals surface area (Å²) >= 11 is 12.2. The van der Waals surface area contributed by atoms with Crippen LogP contribution in [0.25, 0.3) is 0 Å². The summed E-state index contributed by atoms with van der Waals surface area (Å²) in [6, 6.07) is 0.110. The van der Waals surface area contributed by atoms with Crippen LogP contribution in [0.1, 0.15) is 19.3 Å². The predicted octanol–water partition coefficient (Wildman–Crippen LogP) is 1.19. The lowest BCUT2D eigenvalue weighted by Gasteiger charge is -2.33. The smallest absolute Gasteiger partial charge is 0.187 e. The highest BCUT2D eigenvalue weighted by molar-refractivity contribution is 7.96. The van der Waals surface area contributed by atoms with Crippen molar-refractivity contribution in [3.8, 4) is 0 Å². The summed E-state index contributed by atoms with van der Waals surface area (Å²) < 4.78 is 4.88. The fraction of sp³-hybridized carbons (Fsp3) is 0.875. The van der Waals surface area contributed by atoms with Crippen LogP contribution in [-0.4, -0.2) is 28.6 Å². The summed E-state index contributed by atoms with van der Waals surface area (Å²) in [5.41, 5.74) is 0. The second-order valence-electron chi connectivity index (χ2n) is 3.65. The number of nitrogens with zero attached hydrogens (tertiary/aromatic N) is 1. The highest BCUT2D eigenvalue weighted by atomic mass is 32.1. The molecule has 0 saturated carbocycles. The maximum Gasteiger partial charge on any atom is 0.187 e. The zero-order chi connectivity index (χ0) is 10.6. The average molecular weight is 252 g/mol. The van der Waals surface area contributed by atoms with Gasteiger partial charge in [-0.1, -0.05) is 25.6 Å². The lowest BCUT2D eigenvalue weighted by atomic mass is 9.91. The molecule has 1 saturated heterocycles. The number of hydrogen-bond acceptors (Lipinski definition) is 5. The van der Waals surface area contributed by atoms with E-state index >= 15 is 0 Å². The Balaban J connectivity index is 2.46. The number of rotatable bonds is 4. The Morgan fingerprint density at radius 3 is 2.86 bits per heavy atom. The molecule has 1 aliphatic heterocycles. The van der Waals surface area contributed by atoms with Gasteiger partial charge in [0.15, 0.2) is 5.12 Å². The molecular weight excluding hydrogens is 236 g/mol. The Labute approximate surface area is 101 Å². The van der Waals surface area contributed by atoms with Gasteiger partial charge < -0.3 is 0 Å². The lowest BCUT2D eigenvalue weighted by Crippen LogP contribution is -2.41. The minimum atomic E-state index is -0.0900. The standard InChI is InChI=1S/C8H16N2OS3/c11-8(12)4-7(9-13)6-2-1-3-10(14)5-6/h6-7,9,13-14H,1-5H2,(H,11,12). The van der Waals surface area contributed by atoms with Gasteiger partial charge in [0.2, 0.25) is 0 Å². The summed E-state index contributed by atoms with van der Waals surface area (Å²) in [4.78, 5) is 10.9. The Bertz CT molecular complexity index is 203. The van der Waals surface area contributed by atoms with Gasteiger partial charge in [-0.15, -0.1) is 12.6 Å². The largest absolute Gasteiger partial charge is 0.287 e. The second kappa shape index (κ2) is 6.27. The van der Waals surface area contributed by atoms with Gasteiger partial charge in [0.05, 0.1) is 0 Å². The molecule has 1 N–H and O–H groups in total. The van der Waals surface area contributed by atoms with E-state index in [1.165, 1.54) is 0 Å². The number of carbonyl (C=O) groups is 1. The third kappa shape index (κ3) is 4.02. The summed E-state index contributed by atoms with van der Waals surface area (Å²) in [6.45, 7) is 1.93. The van der Waals surface area contributed by atoms with Gasteiger partial charge in [-0.3, -0.25) is 13.8 Å². The van der Waals surface area contributed by atoms with E-state index < -0.39 is 0 Å². The molecule has 0 spiro atoms. The van der Waals surface area contributed by atoms with Crippen molar-refractivity contribution in [2.24, 2.45) is 5.92 Å². The first kappa shape index (κ1) is 12.7. The Hall–Kier alpha value is 0.640.